The van der Waals surface area contributed by atoms with E-state index in [0.717, 1.165) is 31.5 Å². The molecule has 1 aromatic heterocycles. The molecule has 0 aliphatic carbocycles. The van der Waals surface area contributed by atoms with Crippen LogP contribution in [-0.4, -0.2) is 62.1 Å². The van der Waals surface area contributed by atoms with Gasteiger partial charge in [0.2, 0.25) is 5.91 Å². The fourth-order valence-electron chi connectivity index (χ4n) is 3.88. The van der Waals surface area contributed by atoms with Crippen molar-refractivity contribution in [3.63, 3.8) is 0 Å². The molecule has 1 fully saturated rings. The molecule has 0 atom stereocenters. The maximum absolute atomic E-state index is 12.7. The molecule has 0 spiro atoms. The highest BCUT2D eigenvalue weighted by atomic mass is 16.2. The first kappa shape index (κ1) is 18.5. The summed E-state index contributed by atoms with van der Waals surface area (Å²) in [5, 5.41) is 4.38. The van der Waals surface area contributed by atoms with Crippen LogP contribution in [0.15, 0.2) is 35.1 Å². The Labute approximate surface area is 163 Å². The fourth-order valence-corrected chi connectivity index (χ4v) is 3.88. The highest BCUT2D eigenvalue weighted by Crippen LogP contribution is 2.11. The van der Waals surface area contributed by atoms with Gasteiger partial charge in [0.25, 0.3) is 5.91 Å². The number of piperazine rings is 1. The van der Waals surface area contributed by atoms with Crippen LogP contribution in [-0.2, 0) is 24.3 Å². The molecule has 2 aliphatic heterocycles. The second-order valence-electron chi connectivity index (χ2n) is 7.36. The predicted molar refractivity (Wildman–Crippen MR) is 103 cm³/mol. The molecule has 28 heavy (non-hydrogen) atoms. The van der Waals surface area contributed by atoms with Gasteiger partial charge in [-0.3, -0.25) is 14.2 Å². The summed E-state index contributed by atoms with van der Waals surface area (Å²) < 4.78 is 3.00. The number of carbonyl (C=O) groups excluding carboxylic acids is 2. The van der Waals surface area contributed by atoms with Crippen molar-refractivity contribution >= 4 is 11.8 Å². The van der Waals surface area contributed by atoms with E-state index in [9.17, 15) is 14.4 Å². The van der Waals surface area contributed by atoms with Gasteiger partial charge in [0.15, 0.2) is 0 Å². The van der Waals surface area contributed by atoms with E-state index in [-0.39, 0.29) is 24.0 Å². The van der Waals surface area contributed by atoms with Crippen molar-refractivity contribution in [3.05, 3.63) is 52.2 Å². The molecule has 0 N–H and O–H groups in total. The smallest absolute Gasteiger partial charge is 0.338 e. The van der Waals surface area contributed by atoms with Gasteiger partial charge in [0, 0.05) is 44.7 Å². The molecular formula is C20H25N5O3. The summed E-state index contributed by atoms with van der Waals surface area (Å²) in [6.07, 6.45) is 3.90. The van der Waals surface area contributed by atoms with Crippen LogP contribution in [0.4, 0.5) is 0 Å². The molecule has 8 nitrogen and oxygen atoms in total. The van der Waals surface area contributed by atoms with E-state index in [4.69, 9.17) is 0 Å². The predicted octanol–water partition coefficient (Wildman–Crippen LogP) is 0.756. The second-order valence-corrected chi connectivity index (χ2v) is 7.36. The first-order chi connectivity index (χ1) is 13.6. The third-order valence-electron chi connectivity index (χ3n) is 5.51. The molecule has 0 saturated carbocycles. The Hall–Kier alpha value is -2.90. The summed E-state index contributed by atoms with van der Waals surface area (Å²) >= 11 is 0. The summed E-state index contributed by atoms with van der Waals surface area (Å²) in [6.45, 7) is 2.58. The first-order valence-electron chi connectivity index (χ1n) is 9.92. The van der Waals surface area contributed by atoms with Gasteiger partial charge in [0.05, 0.1) is 0 Å². The van der Waals surface area contributed by atoms with Gasteiger partial charge in [-0.2, -0.15) is 5.10 Å². The number of aromatic nitrogens is 3. The van der Waals surface area contributed by atoms with E-state index in [2.05, 4.69) is 5.10 Å². The van der Waals surface area contributed by atoms with Gasteiger partial charge in [-0.1, -0.05) is 24.6 Å². The third kappa shape index (κ3) is 3.72. The van der Waals surface area contributed by atoms with Crippen LogP contribution < -0.4 is 5.69 Å². The van der Waals surface area contributed by atoms with E-state index in [1.54, 1.807) is 26.5 Å². The summed E-state index contributed by atoms with van der Waals surface area (Å²) in [6, 6.07) is 9.17. The molecule has 8 heteroatoms. The van der Waals surface area contributed by atoms with Crippen molar-refractivity contribution in [2.24, 2.45) is 0 Å². The Morgan fingerprint density at radius 1 is 0.893 bits per heavy atom. The molecule has 2 aliphatic rings. The topological polar surface area (TPSA) is 80.4 Å². The van der Waals surface area contributed by atoms with E-state index in [0.29, 0.717) is 38.3 Å². The number of amides is 2. The fraction of sp³-hybridized carbons (Fsp3) is 0.500. The van der Waals surface area contributed by atoms with E-state index < -0.39 is 0 Å². The molecule has 2 aromatic rings. The van der Waals surface area contributed by atoms with E-state index in [1.165, 1.54) is 4.68 Å². The highest BCUT2D eigenvalue weighted by molar-refractivity contribution is 5.94. The first-order valence-corrected chi connectivity index (χ1v) is 9.92. The summed E-state index contributed by atoms with van der Waals surface area (Å²) in [5.41, 5.74) is 0.469. The summed E-state index contributed by atoms with van der Waals surface area (Å²) in [4.78, 5) is 41.2. The summed E-state index contributed by atoms with van der Waals surface area (Å²) in [7, 11) is 0. The lowest BCUT2D eigenvalue weighted by Crippen LogP contribution is -2.51. The Kier molecular flexibility index (Phi) is 5.27. The van der Waals surface area contributed by atoms with Crippen LogP contribution in [0.2, 0.25) is 0 Å². The average molecular weight is 383 g/mol. The van der Waals surface area contributed by atoms with Crippen molar-refractivity contribution in [3.8, 4) is 0 Å². The number of carbonyl (C=O) groups is 2. The molecule has 1 aromatic carbocycles. The molecule has 2 amide bonds. The highest BCUT2D eigenvalue weighted by Gasteiger charge is 2.26. The molecule has 0 radical (unpaired) electrons. The number of fused-ring (bicyclic) bond motifs is 1. The minimum atomic E-state index is -0.192. The SMILES string of the molecule is O=C(Cn1nc2n(c1=O)CCCCC2)N1CCN(C(=O)c2ccccc2)CC1. The zero-order valence-electron chi connectivity index (χ0n) is 15.9. The minimum absolute atomic E-state index is 0.0123. The zero-order valence-corrected chi connectivity index (χ0v) is 15.9. The monoisotopic (exact) mass is 383 g/mol. The maximum atomic E-state index is 12.7. The quantitative estimate of drug-likeness (QED) is 0.784. The molecule has 1 saturated heterocycles. The molecule has 4 rings (SSSR count). The van der Waals surface area contributed by atoms with Gasteiger partial charge in [-0.15, -0.1) is 0 Å². The number of hydrogen-bond donors (Lipinski definition) is 0. The van der Waals surface area contributed by atoms with Crippen LogP contribution in [0, 0.1) is 0 Å². The second kappa shape index (κ2) is 8.00. The summed E-state index contributed by atoms with van der Waals surface area (Å²) in [5.74, 6) is 0.650. The lowest BCUT2D eigenvalue weighted by Gasteiger charge is -2.34. The van der Waals surface area contributed by atoms with Gasteiger partial charge >= 0.3 is 5.69 Å². The number of rotatable bonds is 3. The van der Waals surface area contributed by atoms with Crippen LogP contribution >= 0.6 is 0 Å². The molecule has 148 valence electrons. The standard InChI is InChI=1S/C20H25N5O3/c26-18(15-25-20(28)24-10-6-2-5-9-17(24)21-25)22-11-13-23(14-12-22)19(27)16-7-3-1-4-8-16/h1,3-4,7-8H,2,5-6,9-15H2. The van der Waals surface area contributed by atoms with Gasteiger partial charge in [-0.05, 0) is 25.0 Å². The van der Waals surface area contributed by atoms with E-state index >= 15 is 0 Å². The van der Waals surface area contributed by atoms with Crippen LogP contribution in [0.3, 0.4) is 0 Å². The normalized spacial score (nSPS) is 17.1. The third-order valence-corrected chi connectivity index (χ3v) is 5.51. The van der Waals surface area contributed by atoms with Crippen LogP contribution in [0.25, 0.3) is 0 Å². The van der Waals surface area contributed by atoms with Crippen LogP contribution in [0.1, 0.15) is 35.4 Å². The van der Waals surface area contributed by atoms with Crippen LogP contribution in [0.5, 0.6) is 0 Å². The van der Waals surface area contributed by atoms with Crippen molar-refractivity contribution < 1.29 is 9.59 Å². The molecule has 3 heterocycles. The number of hydrogen-bond acceptors (Lipinski definition) is 4. The Morgan fingerprint density at radius 3 is 2.36 bits per heavy atom. The minimum Gasteiger partial charge on any atom is -0.338 e. The Morgan fingerprint density at radius 2 is 1.61 bits per heavy atom. The lowest BCUT2D eigenvalue weighted by molar-refractivity contribution is -0.133. The van der Waals surface area contributed by atoms with Gasteiger partial charge in [-0.25, -0.2) is 9.48 Å². The molecule has 0 bridgehead atoms. The number of benzene rings is 1. The number of nitrogens with zero attached hydrogens (tertiary/aromatic N) is 5. The largest absolute Gasteiger partial charge is 0.346 e. The van der Waals surface area contributed by atoms with Crippen molar-refractivity contribution in [2.75, 3.05) is 26.2 Å². The van der Waals surface area contributed by atoms with Gasteiger partial charge < -0.3 is 9.80 Å². The van der Waals surface area contributed by atoms with Crippen molar-refractivity contribution in [1.29, 1.82) is 0 Å². The zero-order chi connectivity index (χ0) is 19.5. The Balaban J connectivity index is 1.36. The lowest BCUT2D eigenvalue weighted by atomic mass is 10.2. The van der Waals surface area contributed by atoms with Crippen molar-refractivity contribution in [2.45, 2.75) is 38.8 Å². The Bertz CT molecular complexity index is 910. The molecular weight excluding hydrogens is 358 g/mol. The average Bonchev–Trinajstić information content (AvgIpc) is 2.89. The van der Waals surface area contributed by atoms with E-state index in [1.807, 2.05) is 18.2 Å². The molecule has 0 unspecified atom stereocenters. The number of aryl methyl sites for hydroxylation is 1. The van der Waals surface area contributed by atoms with Crippen molar-refractivity contribution in [1.82, 2.24) is 24.1 Å². The maximum Gasteiger partial charge on any atom is 0.346 e. The van der Waals surface area contributed by atoms with Gasteiger partial charge in [0.1, 0.15) is 12.4 Å².